The lowest BCUT2D eigenvalue weighted by atomic mass is 10.0. The van der Waals surface area contributed by atoms with Crippen LogP contribution < -0.4 is 0 Å². The maximum absolute atomic E-state index is 12.3. The fraction of sp³-hybridized carbons (Fsp3) is 0.500. The number of hydrogen-bond donors (Lipinski definition) is 0. The Bertz CT molecular complexity index is 602. The molecule has 0 saturated heterocycles. The molecular formula is C18H27NO5. The van der Waals surface area contributed by atoms with Crippen LogP contribution in [0.5, 0.6) is 0 Å². The van der Waals surface area contributed by atoms with Gasteiger partial charge in [0.25, 0.3) is 5.91 Å². The average Bonchev–Trinajstić information content (AvgIpc) is 2.53. The van der Waals surface area contributed by atoms with Crippen molar-refractivity contribution in [1.82, 2.24) is 4.90 Å². The third-order valence-electron chi connectivity index (χ3n) is 2.86. The standard InChI is InChI=1S/C16H21NO5.C2H6/c1-10-7-8-11(9-12(10)14(19)21-6)13(18)17(5)15(20)22-16(2,3)4;1-2/h7-9H,1-6H3;1-2H3. The second-order valence-corrected chi connectivity index (χ2v) is 5.87. The zero-order valence-electron chi connectivity index (χ0n) is 15.7. The molecule has 6 heteroatoms. The van der Waals surface area contributed by atoms with Gasteiger partial charge in [0.1, 0.15) is 5.60 Å². The van der Waals surface area contributed by atoms with Crippen LogP contribution in [0, 0.1) is 6.92 Å². The molecule has 2 amide bonds. The molecule has 6 nitrogen and oxygen atoms in total. The molecule has 1 aromatic rings. The van der Waals surface area contributed by atoms with Crippen LogP contribution in [0.2, 0.25) is 0 Å². The van der Waals surface area contributed by atoms with Crippen LogP contribution in [0.4, 0.5) is 4.79 Å². The smallest absolute Gasteiger partial charge is 0.417 e. The van der Waals surface area contributed by atoms with Crippen LogP contribution in [-0.2, 0) is 9.47 Å². The largest absolute Gasteiger partial charge is 0.465 e. The molecule has 1 rings (SSSR count). The van der Waals surface area contributed by atoms with Gasteiger partial charge in [-0.2, -0.15) is 0 Å². The molecule has 0 saturated carbocycles. The highest BCUT2D eigenvalue weighted by atomic mass is 16.6. The number of nitrogens with zero attached hydrogens (tertiary/aromatic N) is 1. The van der Waals surface area contributed by atoms with Crippen LogP contribution in [0.3, 0.4) is 0 Å². The maximum atomic E-state index is 12.3. The molecule has 0 spiro atoms. The minimum absolute atomic E-state index is 0.208. The molecule has 134 valence electrons. The minimum atomic E-state index is -0.752. The molecule has 0 radical (unpaired) electrons. The summed E-state index contributed by atoms with van der Waals surface area (Å²) in [4.78, 5) is 36.8. The van der Waals surface area contributed by atoms with E-state index in [9.17, 15) is 14.4 Å². The van der Waals surface area contributed by atoms with Crippen LogP contribution in [0.25, 0.3) is 0 Å². The van der Waals surface area contributed by atoms with E-state index in [1.165, 1.54) is 20.2 Å². The summed E-state index contributed by atoms with van der Waals surface area (Å²) in [5.41, 5.74) is 0.476. The number of aryl methyl sites for hydroxylation is 1. The van der Waals surface area contributed by atoms with Gasteiger partial charge in [-0.05, 0) is 45.4 Å². The van der Waals surface area contributed by atoms with Crippen molar-refractivity contribution < 1.29 is 23.9 Å². The fourth-order valence-corrected chi connectivity index (χ4v) is 1.69. The van der Waals surface area contributed by atoms with Gasteiger partial charge in [-0.15, -0.1) is 0 Å². The Balaban J connectivity index is 0.00000254. The van der Waals surface area contributed by atoms with Gasteiger partial charge < -0.3 is 9.47 Å². The Morgan fingerprint density at radius 1 is 1.08 bits per heavy atom. The molecule has 0 aliphatic carbocycles. The lowest BCUT2D eigenvalue weighted by Gasteiger charge is -2.23. The lowest BCUT2D eigenvalue weighted by Crippen LogP contribution is -2.38. The molecule has 1 aromatic carbocycles. The summed E-state index contributed by atoms with van der Waals surface area (Å²) in [7, 11) is 2.59. The van der Waals surface area contributed by atoms with E-state index in [0.29, 0.717) is 5.56 Å². The van der Waals surface area contributed by atoms with E-state index in [-0.39, 0.29) is 11.1 Å². The first kappa shape index (κ1) is 21.6. The van der Waals surface area contributed by atoms with Crippen molar-refractivity contribution >= 4 is 18.0 Å². The highest BCUT2D eigenvalue weighted by Crippen LogP contribution is 2.15. The number of ether oxygens (including phenoxy) is 2. The van der Waals surface area contributed by atoms with Gasteiger partial charge in [-0.1, -0.05) is 19.9 Å². The van der Waals surface area contributed by atoms with Gasteiger partial charge in [-0.25, -0.2) is 14.5 Å². The van der Waals surface area contributed by atoms with Crippen LogP contribution in [-0.4, -0.2) is 42.6 Å². The van der Waals surface area contributed by atoms with E-state index in [2.05, 4.69) is 4.74 Å². The van der Waals surface area contributed by atoms with E-state index in [0.717, 1.165) is 4.90 Å². The Labute approximate surface area is 143 Å². The van der Waals surface area contributed by atoms with Crippen LogP contribution in [0.15, 0.2) is 18.2 Å². The highest BCUT2D eigenvalue weighted by molar-refractivity contribution is 6.04. The Hall–Kier alpha value is -2.37. The summed E-state index contributed by atoms with van der Waals surface area (Å²) in [5, 5.41) is 0. The molecule has 0 aliphatic rings. The molecule has 0 unspecified atom stereocenters. The van der Waals surface area contributed by atoms with Gasteiger partial charge in [0.05, 0.1) is 12.7 Å². The molecule has 0 heterocycles. The number of carbonyl (C=O) groups is 3. The second-order valence-electron chi connectivity index (χ2n) is 5.87. The van der Waals surface area contributed by atoms with Gasteiger partial charge in [-0.3, -0.25) is 4.79 Å². The number of amides is 2. The van der Waals surface area contributed by atoms with Crippen molar-refractivity contribution in [3.05, 3.63) is 34.9 Å². The third-order valence-corrected chi connectivity index (χ3v) is 2.86. The van der Waals surface area contributed by atoms with Gasteiger partial charge in [0.2, 0.25) is 0 Å². The average molecular weight is 337 g/mol. The first-order valence-corrected chi connectivity index (χ1v) is 7.77. The number of benzene rings is 1. The number of carbonyl (C=O) groups excluding carboxylic acids is 3. The molecule has 24 heavy (non-hydrogen) atoms. The van der Waals surface area contributed by atoms with E-state index < -0.39 is 23.6 Å². The predicted molar refractivity (Wildman–Crippen MR) is 92.2 cm³/mol. The predicted octanol–water partition coefficient (Wildman–Crippen LogP) is 3.81. The van der Waals surface area contributed by atoms with Crippen molar-refractivity contribution in [2.24, 2.45) is 0 Å². The highest BCUT2D eigenvalue weighted by Gasteiger charge is 2.25. The zero-order valence-corrected chi connectivity index (χ0v) is 15.7. The second kappa shape index (κ2) is 9.05. The first-order valence-electron chi connectivity index (χ1n) is 7.77. The normalized spacial score (nSPS) is 10.2. The summed E-state index contributed by atoms with van der Waals surface area (Å²) in [5.74, 6) is -1.09. The van der Waals surface area contributed by atoms with E-state index in [1.54, 1.807) is 39.8 Å². The molecule has 0 bridgehead atoms. The Morgan fingerprint density at radius 3 is 2.08 bits per heavy atom. The number of imide groups is 1. The van der Waals surface area contributed by atoms with Crippen LogP contribution in [0.1, 0.15) is 60.9 Å². The van der Waals surface area contributed by atoms with E-state index in [1.807, 2.05) is 13.8 Å². The molecule has 0 aliphatic heterocycles. The van der Waals surface area contributed by atoms with Crippen LogP contribution >= 0.6 is 0 Å². The summed E-state index contributed by atoms with van der Waals surface area (Å²) in [6.45, 7) is 10.9. The van der Waals surface area contributed by atoms with E-state index in [4.69, 9.17) is 4.74 Å². The lowest BCUT2D eigenvalue weighted by molar-refractivity contribution is 0.0284. The molecule has 0 aromatic heterocycles. The summed E-state index contributed by atoms with van der Waals surface area (Å²) < 4.78 is 9.81. The monoisotopic (exact) mass is 337 g/mol. The minimum Gasteiger partial charge on any atom is -0.465 e. The van der Waals surface area contributed by atoms with Gasteiger partial charge >= 0.3 is 12.1 Å². The molecular weight excluding hydrogens is 310 g/mol. The maximum Gasteiger partial charge on any atom is 0.417 e. The third kappa shape index (κ3) is 6.02. The van der Waals surface area contributed by atoms with Crippen molar-refractivity contribution in [3.8, 4) is 0 Å². The molecule has 0 atom stereocenters. The topological polar surface area (TPSA) is 72.9 Å². The number of rotatable bonds is 2. The van der Waals surface area contributed by atoms with Crippen molar-refractivity contribution in [2.45, 2.75) is 47.1 Å². The number of esters is 1. The van der Waals surface area contributed by atoms with Crippen molar-refractivity contribution in [2.75, 3.05) is 14.2 Å². The summed E-state index contributed by atoms with van der Waals surface area (Å²) >= 11 is 0. The fourth-order valence-electron chi connectivity index (χ4n) is 1.69. The van der Waals surface area contributed by atoms with Crippen molar-refractivity contribution in [1.29, 1.82) is 0 Å². The number of methoxy groups -OCH3 is 1. The summed E-state index contributed by atoms with van der Waals surface area (Å²) in [6, 6.07) is 4.58. The Kier molecular flexibility index (Phi) is 8.16. The van der Waals surface area contributed by atoms with Gasteiger partial charge in [0, 0.05) is 12.6 Å². The Morgan fingerprint density at radius 2 is 1.62 bits per heavy atom. The molecule has 0 fully saturated rings. The quantitative estimate of drug-likeness (QED) is 0.767. The van der Waals surface area contributed by atoms with Gasteiger partial charge in [0.15, 0.2) is 0 Å². The SMILES string of the molecule is CC.COC(=O)c1cc(C(=O)N(C)C(=O)OC(C)(C)C)ccc1C. The zero-order chi connectivity index (χ0) is 19.1. The van der Waals surface area contributed by atoms with E-state index >= 15 is 0 Å². The van der Waals surface area contributed by atoms with Crippen molar-refractivity contribution in [3.63, 3.8) is 0 Å². The summed E-state index contributed by atoms with van der Waals surface area (Å²) in [6.07, 6.45) is -0.752. The first-order chi connectivity index (χ1) is 11.1. The molecule has 0 N–H and O–H groups in total. The number of hydrogen-bond acceptors (Lipinski definition) is 5.